The molecular formula is C10H16O4S. The summed E-state index contributed by atoms with van der Waals surface area (Å²) < 4.78 is 9.57. The summed E-state index contributed by atoms with van der Waals surface area (Å²) in [5.74, 6) is -0.217. The molecule has 0 atom stereocenters. The molecule has 0 aromatic carbocycles. The summed E-state index contributed by atoms with van der Waals surface area (Å²) in [5.41, 5.74) is 0.354. The minimum atomic E-state index is -0.432. The molecule has 0 saturated carbocycles. The summed E-state index contributed by atoms with van der Waals surface area (Å²) in [4.78, 5) is 21.9. The van der Waals surface area contributed by atoms with E-state index in [1.165, 1.54) is 0 Å². The fourth-order valence-electron chi connectivity index (χ4n) is 0.736. The fraction of sp³-hybridized carbons (Fsp3) is 0.600. The second kappa shape index (κ2) is 8.35. The molecule has 0 amide bonds. The van der Waals surface area contributed by atoms with E-state index in [-0.39, 0.29) is 19.0 Å². The number of rotatable bonds is 7. The Morgan fingerprint density at radius 2 is 1.93 bits per heavy atom. The zero-order chi connectivity index (χ0) is 11.7. The van der Waals surface area contributed by atoms with Crippen LogP contribution in [0.15, 0.2) is 12.2 Å². The van der Waals surface area contributed by atoms with E-state index in [1.807, 2.05) is 0 Å². The summed E-state index contributed by atoms with van der Waals surface area (Å²) >= 11 is 3.90. The Morgan fingerprint density at radius 1 is 1.27 bits per heavy atom. The number of carbonyl (C=O) groups is 2. The van der Waals surface area contributed by atoms with Gasteiger partial charge in [0.2, 0.25) is 0 Å². The Kier molecular flexibility index (Phi) is 7.81. The SMILES string of the molecule is C=C(C)C(=O)OCCCC(=O)OCCS. The highest BCUT2D eigenvalue weighted by molar-refractivity contribution is 7.80. The van der Waals surface area contributed by atoms with Gasteiger partial charge in [-0.2, -0.15) is 12.6 Å². The number of ether oxygens (including phenoxy) is 2. The van der Waals surface area contributed by atoms with Gasteiger partial charge in [0.15, 0.2) is 0 Å². The minimum absolute atomic E-state index is 0.210. The Hall–Kier alpha value is -0.970. The molecule has 0 aliphatic carbocycles. The second-order valence-corrected chi connectivity index (χ2v) is 3.41. The van der Waals surface area contributed by atoms with Gasteiger partial charge in [-0.1, -0.05) is 6.58 Å². The third kappa shape index (κ3) is 8.05. The lowest BCUT2D eigenvalue weighted by Crippen LogP contribution is -2.10. The topological polar surface area (TPSA) is 52.6 Å². The summed E-state index contributed by atoms with van der Waals surface area (Å²) in [6, 6.07) is 0. The Balaban J connectivity index is 3.42. The highest BCUT2D eigenvalue weighted by atomic mass is 32.1. The van der Waals surface area contributed by atoms with E-state index < -0.39 is 5.97 Å². The predicted octanol–water partition coefficient (Wildman–Crippen LogP) is 1.36. The number of carbonyl (C=O) groups excluding carboxylic acids is 2. The maximum atomic E-state index is 11.0. The largest absolute Gasteiger partial charge is 0.465 e. The first-order chi connectivity index (χ1) is 7.07. The molecule has 4 nitrogen and oxygen atoms in total. The third-order valence-electron chi connectivity index (χ3n) is 1.46. The van der Waals surface area contributed by atoms with Crippen LogP contribution in [-0.2, 0) is 19.1 Å². The lowest BCUT2D eigenvalue weighted by Gasteiger charge is -2.04. The summed E-state index contributed by atoms with van der Waals surface area (Å²) in [7, 11) is 0. The van der Waals surface area contributed by atoms with Gasteiger partial charge in [0.05, 0.1) is 6.61 Å². The highest BCUT2D eigenvalue weighted by Crippen LogP contribution is 1.97. The van der Waals surface area contributed by atoms with E-state index in [0.717, 1.165) is 0 Å². The second-order valence-electron chi connectivity index (χ2n) is 2.96. The standard InChI is InChI=1S/C10H16O4S/c1-8(2)10(12)14-5-3-4-9(11)13-6-7-15/h15H,1,3-7H2,2H3. The van der Waals surface area contributed by atoms with E-state index in [4.69, 9.17) is 9.47 Å². The van der Waals surface area contributed by atoms with Crippen LogP contribution < -0.4 is 0 Å². The summed E-state index contributed by atoms with van der Waals surface area (Å²) in [6.45, 7) is 5.53. The van der Waals surface area contributed by atoms with Crippen molar-refractivity contribution in [2.24, 2.45) is 0 Å². The molecule has 0 radical (unpaired) electrons. The number of hydrogen-bond donors (Lipinski definition) is 1. The van der Waals surface area contributed by atoms with Crippen molar-refractivity contribution in [3.63, 3.8) is 0 Å². The van der Waals surface area contributed by atoms with Gasteiger partial charge in [0, 0.05) is 17.7 Å². The Morgan fingerprint density at radius 3 is 2.47 bits per heavy atom. The van der Waals surface area contributed by atoms with Crippen LogP contribution in [0.3, 0.4) is 0 Å². The maximum Gasteiger partial charge on any atom is 0.333 e. The molecule has 0 aliphatic heterocycles. The third-order valence-corrected chi connectivity index (χ3v) is 1.64. The van der Waals surface area contributed by atoms with Crippen molar-refractivity contribution >= 4 is 24.6 Å². The molecule has 0 aliphatic rings. The van der Waals surface area contributed by atoms with Crippen LogP contribution in [0.4, 0.5) is 0 Å². The lowest BCUT2D eigenvalue weighted by molar-refractivity contribution is -0.145. The molecule has 0 bridgehead atoms. The van der Waals surface area contributed by atoms with E-state index in [1.54, 1.807) is 6.92 Å². The van der Waals surface area contributed by atoms with Crippen LogP contribution in [0.2, 0.25) is 0 Å². The molecule has 0 aromatic heterocycles. The quantitative estimate of drug-likeness (QED) is 0.312. The van der Waals surface area contributed by atoms with Gasteiger partial charge in [0.25, 0.3) is 0 Å². The first kappa shape index (κ1) is 14.0. The van der Waals surface area contributed by atoms with E-state index in [2.05, 4.69) is 19.2 Å². The summed E-state index contributed by atoms with van der Waals surface area (Å²) in [6.07, 6.45) is 0.710. The average molecular weight is 232 g/mol. The molecule has 0 fully saturated rings. The van der Waals surface area contributed by atoms with Crippen LogP contribution in [0, 0.1) is 0 Å². The van der Waals surface area contributed by atoms with Gasteiger partial charge in [-0.25, -0.2) is 4.79 Å². The molecule has 0 aromatic rings. The van der Waals surface area contributed by atoms with Gasteiger partial charge in [-0.3, -0.25) is 4.79 Å². The molecule has 15 heavy (non-hydrogen) atoms. The molecule has 0 spiro atoms. The average Bonchev–Trinajstić information content (AvgIpc) is 2.20. The lowest BCUT2D eigenvalue weighted by atomic mass is 10.3. The molecule has 0 N–H and O–H groups in total. The zero-order valence-electron chi connectivity index (χ0n) is 8.82. The van der Waals surface area contributed by atoms with Crippen molar-refractivity contribution in [1.82, 2.24) is 0 Å². The van der Waals surface area contributed by atoms with Crippen LogP contribution in [-0.4, -0.2) is 30.9 Å². The first-order valence-electron chi connectivity index (χ1n) is 4.67. The monoisotopic (exact) mass is 232 g/mol. The molecule has 5 heteroatoms. The van der Waals surface area contributed by atoms with Crippen LogP contribution in [0.5, 0.6) is 0 Å². The smallest absolute Gasteiger partial charge is 0.333 e. The fourth-order valence-corrected chi connectivity index (χ4v) is 0.828. The first-order valence-corrected chi connectivity index (χ1v) is 5.30. The van der Waals surface area contributed by atoms with Crippen molar-refractivity contribution in [3.8, 4) is 0 Å². The number of thiol groups is 1. The summed E-state index contributed by atoms with van der Waals surface area (Å²) in [5, 5.41) is 0. The normalized spacial score (nSPS) is 9.47. The van der Waals surface area contributed by atoms with Crippen LogP contribution in [0.1, 0.15) is 19.8 Å². The molecule has 0 rings (SSSR count). The van der Waals surface area contributed by atoms with Gasteiger partial charge in [-0.05, 0) is 13.3 Å². The minimum Gasteiger partial charge on any atom is -0.465 e. The van der Waals surface area contributed by atoms with Gasteiger partial charge < -0.3 is 9.47 Å². The Bertz CT molecular complexity index is 238. The van der Waals surface area contributed by atoms with Crippen molar-refractivity contribution in [2.75, 3.05) is 19.0 Å². The molecule has 0 heterocycles. The van der Waals surface area contributed by atoms with E-state index >= 15 is 0 Å². The Labute approximate surface area is 95.0 Å². The van der Waals surface area contributed by atoms with Crippen LogP contribution in [0.25, 0.3) is 0 Å². The van der Waals surface area contributed by atoms with Gasteiger partial charge in [-0.15, -0.1) is 0 Å². The number of esters is 2. The number of hydrogen-bond acceptors (Lipinski definition) is 5. The van der Waals surface area contributed by atoms with Crippen molar-refractivity contribution in [2.45, 2.75) is 19.8 Å². The van der Waals surface area contributed by atoms with E-state index in [9.17, 15) is 9.59 Å². The zero-order valence-corrected chi connectivity index (χ0v) is 9.72. The highest BCUT2D eigenvalue weighted by Gasteiger charge is 2.05. The van der Waals surface area contributed by atoms with Crippen molar-refractivity contribution in [3.05, 3.63) is 12.2 Å². The van der Waals surface area contributed by atoms with Gasteiger partial charge >= 0.3 is 11.9 Å². The van der Waals surface area contributed by atoms with Crippen LogP contribution >= 0.6 is 12.6 Å². The molecular weight excluding hydrogens is 216 g/mol. The molecule has 0 saturated heterocycles. The van der Waals surface area contributed by atoms with Gasteiger partial charge in [0.1, 0.15) is 6.61 Å². The van der Waals surface area contributed by atoms with E-state index in [0.29, 0.717) is 24.4 Å². The van der Waals surface area contributed by atoms with Crippen molar-refractivity contribution < 1.29 is 19.1 Å². The maximum absolute atomic E-state index is 11.0. The molecule has 0 unspecified atom stereocenters. The predicted molar refractivity (Wildman–Crippen MR) is 59.8 cm³/mol. The van der Waals surface area contributed by atoms with Crippen molar-refractivity contribution in [1.29, 1.82) is 0 Å². The molecule has 86 valence electrons.